The number of amides is 1. The third-order valence-corrected chi connectivity index (χ3v) is 6.98. The fraction of sp³-hybridized carbons (Fsp3) is 0.200. The van der Waals surface area contributed by atoms with Crippen molar-refractivity contribution in [1.82, 2.24) is 10.4 Å². The summed E-state index contributed by atoms with van der Waals surface area (Å²) < 4.78 is 14.1. The second-order valence-electron chi connectivity index (χ2n) is 7.88. The molecule has 1 N–H and O–H groups in total. The van der Waals surface area contributed by atoms with E-state index in [-0.39, 0.29) is 11.7 Å². The molecule has 162 valence electrons. The molecule has 0 saturated carbocycles. The van der Waals surface area contributed by atoms with Gasteiger partial charge < -0.3 is 0 Å². The van der Waals surface area contributed by atoms with Crippen molar-refractivity contribution in [3.8, 4) is 0 Å². The van der Waals surface area contributed by atoms with Crippen molar-refractivity contribution in [2.75, 3.05) is 13.1 Å². The number of hydrogen-bond acceptors (Lipinski definition) is 4. The first-order valence-corrected chi connectivity index (χ1v) is 11.8. The first-order chi connectivity index (χ1) is 15.6. The predicted octanol–water partition coefficient (Wildman–Crippen LogP) is 6.24. The van der Waals surface area contributed by atoms with Crippen LogP contribution in [0, 0.1) is 5.82 Å². The quantitative estimate of drug-likeness (QED) is 0.389. The Bertz CT molecular complexity index is 1210. The number of nitrogens with zero attached hydrogens (tertiary/aromatic N) is 2. The van der Waals surface area contributed by atoms with Crippen LogP contribution in [-0.2, 0) is 0 Å². The number of rotatable bonds is 3. The zero-order valence-electron chi connectivity index (χ0n) is 17.3. The zero-order chi connectivity index (χ0) is 22.1. The van der Waals surface area contributed by atoms with Gasteiger partial charge >= 0.3 is 0 Å². The van der Waals surface area contributed by atoms with Crippen LogP contribution in [0.2, 0.25) is 5.02 Å². The number of carbonyl (C=O) groups excluding carboxylic acids is 1. The van der Waals surface area contributed by atoms with Crippen molar-refractivity contribution in [3.05, 3.63) is 88.2 Å². The number of nitrogens with one attached hydrogen (secondary N) is 1. The number of hydrogen-bond donors (Lipinski definition) is 1. The molecular formula is C25H21ClFN3OS. The van der Waals surface area contributed by atoms with Crippen molar-refractivity contribution in [3.63, 3.8) is 0 Å². The van der Waals surface area contributed by atoms with Crippen LogP contribution in [0.15, 0.2) is 75.4 Å². The highest BCUT2D eigenvalue weighted by atomic mass is 35.5. The Balaban J connectivity index is 1.55. The summed E-state index contributed by atoms with van der Waals surface area (Å²) in [6, 6.07) is 17.6. The smallest absolute Gasteiger partial charge is 0.265 e. The van der Waals surface area contributed by atoms with Gasteiger partial charge in [-0.2, -0.15) is 0 Å². The molecule has 2 aliphatic heterocycles. The molecule has 1 saturated heterocycles. The molecular weight excluding hydrogens is 445 g/mol. The summed E-state index contributed by atoms with van der Waals surface area (Å²) in [6.45, 7) is 1.73. The number of halogens is 2. The van der Waals surface area contributed by atoms with Crippen LogP contribution in [0.4, 0.5) is 10.1 Å². The van der Waals surface area contributed by atoms with Gasteiger partial charge in [-0.15, -0.1) is 0 Å². The van der Waals surface area contributed by atoms with Crippen molar-refractivity contribution in [1.29, 1.82) is 0 Å². The van der Waals surface area contributed by atoms with E-state index < -0.39 is 0 Å². The number of benzene rings is 3. The van der Waals surface area contributed by atoms with Crippen LogP contribution in [-0.4, -0.2) is 29.7 Å². The number of aliphatic imine (C=N–C) groups is 1. The van der Waals surface area contributed by atoms with Crippen LogP contribution in [0.5, 0.6) is 0 Å². The molecule has 2 aliphatic rings. The van der Waals surface area contributed by atoms with Crippen LogP contribution in [0.1, 0.15) is 40.7 Å². The summed E-state index contributed by atoms with van der Waals surface area (Å²) in [4.78, 5) is 19.5. The summed E-state index contributed by atoms with van der Waals surface area (Å²) in [5.74, 6) is -0.441. The monoisotopic (exact) mass is 465 g/mol. The lowest BCUT2D eigenvalue weighted by Crippen LogP contribution is -2.45. The summed E-state index contributed by atoms with van der Waals surface area (Å²) in [7, 11) is 0. The minimum Gasteiger partial charge on any atom is -0.285 e. The average molecular weight is 466 g/mol. The summed E-state index contributed by atoms with van der Waals surface area (Å²) in [5.41, 5.74) is 6.67. The molecule has 0 atom stereocenters. The minimum atomic E-state index is -0.298. The largest absolute Gasteiger partial charge is 0.285 e. The van der Waals surface area contributed by atoms with Crippen LogP contribution in [0.3, 0.4) is 0 Å². The van der Waals surface area contributed by atoms with Crippen LogP contribution < -0.4 is 5.43 Å². The molecule has 0 aromatic heterocycles. The summed E-state index contributed by atoms with van der Waals surface area (Å²) in [6.07, 6.45) is 3.38. The topological polar surface area (TPSA) is 44.7 Å². The molecule has 3 aromatic carbocycles. The summed E-state index contributed by atoms with van der Waals surface area (Å²) in [5, 5.41) is 2.61. The van der Waals surface area contributed by atoms with E-state index in [9.17, 15) is 9.18 Å². The van der Waals surface area contributed by atoms with Crippen molar-refractivity contribution >= 4 is 40.7 Å². The number of fused-ring (bicyclic) bond motifs is 2. The Morgan fingerprint density at radius 3 is 2.53 bits per heavy atom. The third kappa shape index (κ3) is 4.44. The van der Waals surface area contributed by atoms with Gasteiger partial charge in [-0.25, -0.2) is 14.4 Å². The third-order valence-electron chi connectivity index (χ3n) is 5.61. The van der Waals surface area contributed by atoms with Gasteiger partial charge in [-0.05, 0) is 61.4 Å². The SMILES string of the molecule is O=C(NN1CCCCC1)c1ccc2c(c1)N=C(c1ccc(Cl)cc1)c1ccc(F)cc1S2. The average Bonchev–Trinajstić information content (AvgIpc) is 2.96. The highest BCUT2D eigenvalue weighted by Gasteiger charge is 2.21. The fourth-order valence-electron chi connectivity index (χ4n) is 3.95. The normalized spacial score (nSPS) is 15.9. The van der Waals surface area contributed by atoms with E-state index in [1.54, 1.807) is 18.2 Å². The Labute approximate surface area is 195 Å². The van der Waals surface area contributed by atoms with Crippen molar-refractivity contribution in [2.24, 2.45) is 4.99 Å². The van der Waals surface area contributed by atoms with E-state index >= 15 is 0 Å². The predicted molar refractivity (Wildman–Crippen MR) is 127 cm³/mol. The standard InChI is InChI=1S/C25H21ClFN3OS/c26-18-7-4-16(5-8-18)24-20-10-9-19(27)15-23(20)32-22-11-6-17(14-21(22)28-24)25(31)29-30-12-2-1-3-13-30/h4-11,14-15H,1-3,12-13H2,(H,29,31). The van der Waals surface area contributed by atoms with Gasteiger partial charge in [0, 0.05) is 44.6 Å². The molecule has 0 spiro atoms. The van der Waals surface area contributed by atoms with E-state index in [0.29, 0.717) is 16.3 Å². The fourth-order valence-corrected chi connectivity index (χ4v) is 5.10. The van der Waals surface area contributed by atoms with Gasteiger partial charge in [0.15, 0.2) is 0 Å². The second kappa shape index (κ2) is 9.06. The van der Waals surface area contributed by atoms with Crippen LogP contribution in [0.25, 0.3) is 0 Å². The maximum Gasteiger partial charge on any atom is 0.265 e. The highest BCUT2D eigenvalue weighted by Crippen LogP contribution is 2.42. The van der Waals surface area contributed by atoms with Crippen LogP contribution >= 0.6 is 23.4 Å². The Hall–Kier alpha value is -2.67. The lowest BCUT2D eigenvalue weighted by Gasteiger charge is -2.26. The number of piperidine rings is 1. The molecule has 3 aromatic rings. The van der Waals surface area contributed by atoms with Gasteiger partial charge in [-0.1, -0.05) is 41.9 Å². The van der Waals surface area contributed by atoms with Gasteiger partial charge in [0.2, 0.25) is 0 Å². The Morgan fingerprint density at radius 2 is 1.75 bits per heavy atom. The van der Waals surface area contributed by atoms with Gasteiger partial charge in [0.05, 0.1) is 11.4 Å². The van der Waals surface area contributed by atoms with Gasteiger partial charge in [0.25, 0.3) is 5.91 Å². The van der Waals surface area contributed by atoms with E-state index in [2.05, 4.69) is 5.43 Å². The maximum atomic E-state index is 14.1. The zero-order valence-corrected chi connectivity index (χ0v) is 18.8. The molecule has 7 heteroatoms. The first-order valence-electron chi connectivity index (χ1n) is 10.6. The van der Waals surface area contributed by atoms with Crippen molar-refractivity contribution < 1.29 is 9.18 Å². The molecule has 0 aliphatic carbocycles. The van der Waals surface area contributed by atoms with E-state index in [1.807, 2.05) is 35.3 Å². The molecule has 2 heterocycles. The van der Waals surface area contributed by atoms with E-state index in [1.165, 1.54) is 30.3 Å². The minimum absolute atomic E-state index is 0.143. The molecule has 4 nitrogen and oxygen atoms in total. The lowest BCUT2D eigenvalue weighted by atomic mass is 10.0. The first kappa shape index (κ1) is 21.2. The second-order valence-corrected chi connectivity index (χ2v) is 9.40. The highest BCUT2D eigenvalue weighted by molar-refractivity contribution is 7.99. The van der Waals surface area contributed by atoms with Gasteiger partial charge in [0.1, 0.15) is 5.82 Å². The van der Waals surface area contributed by atoms with E-state index in [4.69, 9.17) is 16.6 Å². The number of hydrazine groups is 1. The van der Waals surface area contributed by atoms with E-state index in [0.717, 1.165) is 52.6 Å². The maximum absolute atomic E-state index is 14.1. The summed E-state index contributed by atoms with van der Waals surface area (Å²) >= 11 is 7.53. The molecule has 1 fully saturated rings. The van der Waals surface area contributed by atoms with Gasteiger partial charge in [-0.3, -0.25) is 10.2 Å². The molecule has 0 unspecified atom stereocenters. The Morgan fingerprint density at radius 1 is 0.969 bits per heavy atom. The lowest BCUT2D eigenvalue weighted by molar-refractivity contribution is 0.0750. The van der Waals surface area contributed by atoms with Crippen molar-refractivity contribution in [2.45, 2.75) is 29.1 Å². The molecule has 5 rings (SSSR count). The Kier molecular flexibility index (Phi) is 6.00. The molecule has 0 radical (unpaired) electrons. The molecule has 0 bridgehead atoms. The molecule has 32 heavy (non-hydrogen) atoms. The molecule has 1 amide bonds. The number of carbonyl (C=O) groups is 1.